The van der Waals surface area contributed by atoms with Crippen LogP contribution >= 0.6 is 11.3 Å². The number of rotatable bonds is 5. The Morgan fingerprint density at radius 1 is 1.29 bits per heavy atom. The van der Waals surface area contributed by atoms with E-state index in [4.69, 9.17) is 5.73 Å². The third-order valence-electron chi connectivity index (χ3n) is 4.28. The fourth-order valence-corrected chi connectivity index (χ4v) is 3.66. The standard InChI is InChI=1S/C17H20N2OS/c1-2-12-7-10-21-15(12)11-19-16(20)17(8-9-17)13-3-5-14(18)6-4-13/h3-7,10H,2,8-9,11,18H2,1H3,(H,19,20). The predicted octanol–water partition coefficient (Wildman–Crippen LogP) is 3.24. The largest absolute Gasteiger partial charge is 0.399 e. The van der Waals surface area contributed by atoms with E-state index < -0.39 is 0 Å². The van der Waals surface area contributed by atoms with Crippen LogP contribution in [0.3, 0.4) is 0 Å². The molecule has 0 spiro atoms. The second-order valence-corrected chi connectivity index (χ2v) is 6.61. The second-order valence-electron chi connectivity index (χ2n) is 5.61. The Hall–Kier alpha value is -1.81. The maximum absolute atomic E-state index is 12.6. The molecule has 1 heterocycles. The summed E-state index contributed by atoms with van der Waals surface area (Å²) in [6, 6.07) is 9.84. The van der Waals surface area contributed by atoms with Crippen molar-refractivity contribution in [2.24, 2.45) is 0 Å². The second kappa shape index (κ2) is 5.53. The quantitative estimate of drug-likeness (QED) is 0.833. The highest BCUT2D eigenvalue weighted by molar-refractivity contribution is 7.10. The molecule has 21 heavy (non-hydrogen) atoms. The highest BCUT2D eigenvalue weighted by Crippen LogP contribution is 2.48. The van der Waals surface area contributed by atoms with Gasteiger partial charge >= 0.3 is 0 Å². The minimum atomic E-state index is -0.322. The van der Waals surface area contributed by atoms with Crippen LogP contribution in [0.5, 0.6) is 0 Å². The molecular formula is C17H20N2OS. The molecule has 0 unspecified atom stereocenters. The SMILES string of the molecule is CCc1ccsc1CNC(=O)C1(c2ccc(N)cc2)CC1. The Bertz CT molecular complexity index is 641. The third-order valence-corrected chi connectivity index (χ3v) is 5.24. The van der Waals surface area contributed by atoms with E-state index in [1.165, 1.54) is 10.4 Å². The number of amides is 1. The van der Waals surface area contributed by atoms with Crippen LogP contribution in [-0.2, 0) is 23.2 Å². The van der Waals surface area contributed by atoms with Crippen LogP contribution in [0.4, 0.5) is 5.69 Å². The van der Waals surface area contributed by atoms with Gasteiger partial charge in [0.15, 0.2) is 0 Å². The maximum Gasteiger partial charge on any atom is 0.230 e. The summed E-state index contributed by atoms with van der Waals surface area (Å²) in [5.74, 6) is 0.141. The van der Waals surface area contributed by atoms with E-state index in [0.29, 0.717) is 6.54 Å². The summed E-state index contributed by atoms with van der Waals surface area (Å²) in [5.41, 5.74) is 8.55. The molecule has 110 valence electrons. The van der Waals surface area contributed by atoms with Gasteiger partial charge in [-0.05, 0) is 54.0 Å². The van der Waals surface area contributed by atoms with Gasteiger partial charge in [-0.2, -0.15) is 0 Å². The molecule has 0 radical (unpaired) electrons. The molecule has 1 aliphatic rings. The summed E-state index contributed by atoms with van der Waals surface area (Å²) >= 11 is 1.71. The van der Waals surface area contributed by atoms with Crippen molar-refractivity contribution in [3.8, 4) is 0 Å². The van der Waals surface area contributed by atoms with Crippen LogP contribution < -0.4 is 11.1 Å². The van der Waals surface area contributed by atoms with Crippen molar-refractivity contribution in [1.29, 1.82) is 0 Å². The minimum absolute atomic E-state index is 0.141. The van der Waals surface area contributed by atoms with Gasteiger partial charge in [0.25, 0.3) is 0 Å². The van der Waals surface area contributed by atoms with E-state index >= 15 is 0 Å². The molecule has 0 atom stereocenters. The average molecular weight is 300 g/mol. The number of benzene rings is 1. The number of aryl methyl sites for hydroxylation is 1. The molecule has 2 aromatic rings. The van der Waals surface area contributed by atoms with E-state index in [0.717, 1.165) is 30.5 Å². The number of hydrogen-bond acceptors (Lipinski definition) is 3. The Labute approximate surface area is 129 Å². The topological polar surface area (TPSA) is 55.1 Å². The zero-order chi connectivity index (χ0) is 14.9. The number of carbonyl (C=O) groups excluding carboxylic acids is 1. The predicted molar refractivity (Wildman–Crippen MR) is 87.3 cm³/mol. The Morgan fingerprint density at radius 2 is 2.00 bits per heavy atom. The summed E-state index contributed by atoms with van der Waals surface area (Å²) < 4.78 is 0. The monoisotopic (exact) mass is 300 g/mol. The van der Waals surface area contributed by atoms with Crippen LogP contribution in [0, 0.1) is 0 Å². The molecule has 1 amide bonds. The van der Waals surface area contributed by atoms with E-state index in [9.17, 15) is 4.79 Å². The van der Waals surface area contributed by atoms with Crippen molar-refractivity contribution < 1.29 is 4.79 Å². The zero-order valence-electron chi connectivity index (χ0n) is 12.2. The zero-order valence-corrected chi connectivity index (χ0v) is 13.0. The number of nitrogens with one attached hydrogen (secondary N) is 1. The van der Waals surface area contributed by atoms with E-state index in [-0.39, 0.29) is 11.3 Å². The lowest BCUT2D eigenvalue weighted by Gasteiger charge is -2.16. The van der Waals surface area contributed by atoms with Gasteiger partial charge in [-0.3, -0.25) is 4.79 Å². The van der Waals surface area contributed by atoms with Crippen molar-refractivity contribution in [2.45, 2.75) is 38.1 Å². The smallest absolute Gasteiger partial charge is 0.230 e. The number of nitrogens with two attached hydrogens (primary N) is 1. The van der Waals surface area contributed by atoms with Gasteiger partial charge in [-0.1, -0.05) is 19.1 Å². The van der Waals surface area contributed by atoms with Gasteiger partial charge in [-0.15, -0.1) is 11.3 Å². The molecule has 1 aromatic carbocycles. The number of hydrogen-bond donors (Lipinski definition) is 2. The first-order valence-electron chi connectivity index (χ1n) is 7.35. The lowest BCUT2D eigenvalue weighted by Crippen LogP contribution is -2.34. The lowest BCUT2D eigenvalue weighted by molar-refractivity contribution is -0.123. The number of anilines is 1. The molecular weight excluding hydrogens is 280 g/mol. The van der Waals surface area contributed by atoms with Gasteiger partial charge in [-0.25, -0.2) is 0 Å². The Morgan fingerprint density at radius 3 is 2.62 bits per heavy atom. The molecule has 1 fully saturated rings. The van der Waals surface area contributed by atoms with Gasteiger partial charge < -0.3 is 11.1 Å². The van der Waals surface area contributed by atoms with Gasteiger partial charge in [0, 0.05) is 10.6 Å². The molecule has 3 N–H and O–H groups in total. The van der Waals surface area contributed by atoms with Crippen molar-refractivity contribution in [3.05, 3.63) is 51.7 Å². The lowest BCUT2D eigenvalue weighted by atomic mass is 9.94. The third kappa shape index (κ3) is 2.68. The highest BCUT2D eigenvalue weighted by atomic mass is 32.1. The summed E-state index contributed by atoms with van der Waals surface area (Å²) in [6.45, 7) is 2.78. The average Bonchev–Trinajstić information content (AvgIpc) is 3.18. The molecule has 1 aromatic heterocycles. The van der Waals surface area contributed by atoms with Crippen molar-refractivity contribution in [2.75, 3.05) is 5.73 Å². The highest BCUT2D eigenvalue weighted by Gasteiger charge is 2.51. The van der Waals surface area contributed by atoms with Crippen LogP contribution in [0.2, 0.25) is 0 Å². The van der Waals surface area contributed by atoms with Crippen LogP contribution in [-0.4, -0.2) is 5.91 Å². The van der Waals surface area contributed by atoms with E-state index in [1.54, 1.807) is 11.3 Å². The Kier molecular flexibility index (Phi) is 3.72. The first kappa shape index (κ1) is 14.1. The number of carbonyl (C=O) groups is 1. The fraction of sp³-hybridized carbons (Fsp3) is 0.353. The molecule has 1 saturated carbocycles. The summed E-state index contributed by atoms with van der Waals surface area (Å²) in [6.07, 6.45) is 2.86. The minimum Gasteiger partial charge on any atom is -0.399 e. The summed E-state index contributed by atoms with van der Waals surface area (Å²) in [4.78, 5) is 13.8. The van der Waals surface area contributed by atoms with Crippen LogP contribution in [0.25, 0.3) is 0 Å². The first-order valence-corrected chi connectivity index (χ1v) is 8.23. The first-order chi connectivity index (χ1) is 10.2. The molecule has 0 saturated heterocycles. The molecule has 3 rings (SSSR count). The summed E-state index contributed by atoms with van der Waals surface area (Å²) in [7, 11) is 0. The van der Waals surface area contributed by atoms with Gasteiger partial charge in [0.05, 0.1) is 12.0 Å². The van der Waals surface area contributed by atoms with Crippen molar-refractivity contribution in [1.82, 2.24) is 5.32 Å². The van der Waals surface area contributed by atoms with E-state index in [1.807, 2.05) is 24.3 Å². The Balaban J connectivity index is 1.69. The molecule has 0 aliphatic heterocycles. The van der Waals surface area contributed by atoms with E-state index in [2.05, 4.69) is 23.7 Å². The molecule has 0 bridgehead atoms. The molecule has 3 nitrogen and oxygen atoms in total. The van der Waals surface area contributed by atoms with Crippen LogP contribution in [0.1, 0.15) is 35.8 Å². The number of thiophene rings is 1. The summed E-state index contributed by atoms with van der Waals surface area (Å²) in [5, 5.41) is 5.21. The molecule has 4 heteroatoms. The molecule has 1 aliphatic carbocycles. The van der Waals surface area contributed by atoms with Crippen LogP contribution in [0.15, 0.2) is 35.7 Å². The van der Waals surface area contributed by atoms with Crippen molar-refractivity contribution >= 4 is 22.9 Å². The normalized spacial score (nSPS) is 15.7. The van der Waals surface area contributed by atoms with Gasteiger partial charge in [0.1, 0.15) is 0 Å². The van der Waals surface area contributed by atoms with Crippen molar-refractivity contribution in [3.63, 3.8) is 0 Å². The number of nitrogen functional groups attached to an aromatic ring is 1. The maximum atomic E-state index is 12.6. The van der Waals surface area contributed by atoms with Gasteiger partial charge in [0.2, 0.25) is 5.91 Å². The fourth-order valence-electron chi connectivity index (χ4n) is 2.74.